The second-order valence-corrected chi connectivity index (χ2v) is 9.47. The van der Waals surface area contributed by atoms with Gasteiger partial charge in [-0.25, -0.2) is 19.2 Å². The van der Waals surface area contributed by atoms with Crippen LogP contribution in [0.25, 0.3) is 11.1 Å². The second kappa shape index (κ2) is 8.86. The lowest BCUT2D eigenvalue weighted by molar-refractivity contribution is 0.153. The number of anilines is 1. The molecule has 1 aromatic carbocycles. The van der Waals surface area contributed by atoms with Crippen molar-refractivity contribution >= 4 is 23.2 Å². The number of benzene rings is 1. The number of nitrogens with zero attached hydrogens (tertiary/aromatic N) is 4. The lowest BCUT2D eigenvalue weighted by atomic mass is 10.0. The summed E-state index contributed by atoms with van der Waals surface area (Å²) in [6.45, 7) is 2.70. The zero-order valence-corrected chi connectivity index (χ0v) is 18.7. The van der Waals surface area contributed by atoms with Crippen molar-refractivity contribution in [3.63, 3.8) is 0 Å². The molecule has 1 aliphatic carbocycles. The maximum Gasteiger partial charge on any atom is 0.416 e. The van der Waals surface area contributed by atoms with Crippen LogP contribution in [0.4, 0.5) is 15.0 Å². The molecule has 0 bridgehead atoms. The molecule has 0 N–H and O–H groups in total. The summed E-state index contributed by atoms with van der Waals surface area (Å²) < 4.78 is 18.4. The summed E-state index contributed by atoms with van der Waals surface area (Å²) in [5.41, 5.74) is 3.60. The fourth-order valence-electron chi connectivity index (χ4n) is 5.03. The van der Waals surface area contributed by atoms with E-state index in [9.17, 15) is 9.18 Å². The van der Waals surface area contributed by atoms with Crippen molar-refractivity contribution in [1.82, 2.24) is 14.9 Å². The molecule has 1 aliphatic heterocycles. The van der Waals surface area contributed by atoms with E-state index in [1.54, 1.807) is 35.0 Å². The van der Waals surface area contributed by atoms with Crippen LogP contribution in [0.2, 0.25) is 0 Å². The Hall–Kier alpha value is -3.00. The van der Waals surface area contributed by atoms with Gasteiger partial charge in [-0.15, -0.1) is 11.3 Å². The van der Waals surface area contributed by atoms with Crippen LogP contribution < -0.4 is 9.64 Å². The van der Waals surface area contributed by atoms with Crippen molar-refractivity contribution in [1.29, 1.82) is 0 Å². The van der Waals surface area contributed by atoms with Gasteiger partial charge in [0.15, 0.2) is 0 Å². The third-order valence-electron chi connectivity index (χ3n) is 6.54. The number of carbonyl (C=O) groups is 1. The molecule has 6 nitrogen and oxygen atoms in total. The fraction of sp³-hybridized carbons (Fsp3) is 0.375. The molecule has 1 amide bonds. The first-order valence-corrected chi connectivity index (χ1v) is 11.8. The van der Waals surface area contributed by atoms with Crippen molar-refractivity contribution in [3.05, 3.63) is 59.3 Å². The van der Waals surface area contributed by atoms with E-state index < -0.39 is 0 Å². The van der Waals surface area contributed by atoms with Gasteiger partial charge in [0.25, 0.3) is 0 Å². The molecule has 2 aromatic heterocycles. The number of pyridine rings is 1. The summed E-state index contributed by atoms with van der Waals surface area (Å²) >= 11 is 1.41. The van der Waals surface area contributed by atoms with Crippen LogP contribution in [0.5, 0.6) is 5.88 Å². The van der Waals surface area contributed by atoms with Gasteiger partial charge in [-0.05, 0) is 60.4 Å². The monoisotopic (exact) mass is 452 g/mol. The molecule has 0 spiro atoms. The maximum absolute atomic E-state index is 13.1. The highest BCUT2D eigenvalue weighted by molar-refractivity contribution is 7.07. The summed E-state index contributed by atoms with van der Waals surface area (Å²) in [7, 11) is 1.79. The Labute approximate surface area is 190 Å². The first-order chi connectivity index (χ1) is 15.5. The van der Waals surface area contributed by atoms with E-state index in [1.807, 2.05) is 6.20 Å². The number of thiazole rings is 1. The van der Waals surface area contributed by atoms with Crippen LogP contribution in [0.3, 0.4) is 0 Å². The van der Waals surface area contributed by atoms with Crippen molar-refractivity contribution < 1.29 is 13.9 Å². The molecule has 3 heterocycles. The topological polar surface area (TPSA) is 58.6 Å². The van der Waals surface area contributed by atoms with E-state index >= 15 is 0 Å². The average Bonchev–Trinajstić information content (AvgIpc) is 3.51. The Bertz CT molecular complexity index is 1040. The minimum Gasteiger partial charge on any atom is -0.390 e. The molecule has 5 rings (SSSR count). The molecule has 2 aliphatic rings. The van der Waals surface area contributed by atoms with E-state index in [-0.39, 0.29) is 11.9 Å². The summed E-state index contributed by atoms with van der Waals surface area (Å²) in [4.78, 5) is 25.0. The summed E-state index contributed by atoms with van der Waals surface area (Å²) in [5, 5.41) is 1.72. The van der Waals surface area contributed by atoms with Gasteiger partial charge < -0.3 is 14.5 Å². The molecular formula is C24H25FN4O2S. The lowest BCUT2D eigenvalue weighted by Gasteiger charge is -2.23. The Morgan fingerprint density at radius 2 is 1.84 bits per heavy atom. The summed E-state index contributed by atoms with van der Waals surface area (Å²) in [5.74, 6) is 2.87. The fourth-order valence-corrected chi connectivity index (χ4v) is 5.48. The van der Waals surface area contributed by atoms with E-state index in [0.29, 0.717) is 30.2 Å². The minimum absolute atomic E-state index is 0.234. The van der Waals surface area contributed by atoms with E-state index in [0.717, 1.165) is 42.9 Å². The number of hydrogen-bond donors (Lipinski definition) is 0. The largest absolute Gasteiger partial charge is 0.416 e. The van der Waals surface area contributed by atoms with Crippen LogP contribution in [0, 0.1) is 23.6 Å². The minimum atomic E-state index is -0.347. The van der Waals surface area contributed by atoms with Gasteiger partial charge in [-0.3, -0.25) is 0 Å². The Kier molecular flexibility index (Phi) is 5.78. The molecular weight excluding hydrogens is 427 g/mol. The first-order valence-electron chi connectivity index (χ1n) is 10.8. The SMILES string of the molecule is CN(CC1C[C@@H]2CN(c3ccc(-c4ccc(F)cc4)cn3)C[C@@H]2C1)C(=O)Oc1cscn1. The highest BCUT2D eigenvalue weighted by Crippen LogP contribution is 2.43. The zero-order chi connectivity index (χ0) is 22.1. The number of rotatable bonds is 5. The van der Waals surface area contributed by atoms with Crippen LogP contribution in [-0.4, -0.2) is 47.6 Å². The Morgan fingerprint density at radius 1 is 1.12 bits per heavy atom. The maximum atomic E-state index is 13.1. The number of aromatic nitrogens is 2. The van der Waals surface area contributed by atoms with Gasteiger partial charge in [-0.2, -0.15) is 0 Å². The summed E-state index contributed by atoms with van der Waals surface area (Å²) in [6.07, 6.45) is 3.74. The molecule has 1 unspecified atom stereocenters. The third-order valence-corrected chi connectivity index (χ3v) is 7.11. The second-order valence-electron chi connectivity index (χ2n) is 8.75. The predicted octanol–water partition coefficient (Wildman–Crippen LogP) is 4.94. The van der Waals surface area contributed by atoms with Gasteiger partial charge in [0.2, 0.25) is 5.88 Å². The smallest absolute Gasteiger partial charge is 0.390 e. The normalized spacial score (nSPS) is 22.1. The molecule has 166 valence electrons. The molecule has 3 aromatic rings. The van der Waals surface area contributed by atoms with Gasteiger partial charge >= 0.3 is 6.09 Å². The zero-order valence-electron chi connectivity index (χ0n) is 17.9. The van der Waals surface area contributed by atoms with Crippen LogP contribution in [-0.2, 0) is 0 Å². The number of amides is 1. The van der Waals surface area contributed by atoms with Crippen LogP contribution in [0.1, 0.15) is 12.8 Å². The predicted molar refractivity (Wildman–Crippen MR) is 122 cm³/mol. The Balaban J connectivity index is 1.13. The standard InChI is InChI=1S/C24H25FN4O2S/c1-28(24(30)31-23-14-32-15-27-23)11-16-8-19-12-29(13-20(19)9-16)22-7-4-18(10-26-22)17-2-5-21(25)6-3-17/h2-7,10,14-16,19-20H,8-9,11-13H2,1H3/t16?,19-,20+. The lowest BCUT2D eigenvalue weighted by Crippen LogP contribution is -2.34. The molecule has 0 radical (unpaired) electrons. The number of hydrogen-bond acceptors (Lipinski definition) is 6. The van der Waals surface area contributed by atoms with E-state index in [2.05, 4.69) is 27.0 Å². The van der Waals surface area contributed by atoms with Crippen molar-refractivity contribution in [3.8, 4) is 17.0 Å². The highest BCUT2D eigenvalue weighted by Gasteiger charge is 2.41. The quantitative estimate of drug-likeness (QED) is 0.549. The van der Waals surface area contributed by atoms with Crippen molar-refractivity contribution in [2.24, 2.45) is 17.8 Å². The molecule has 1 saturated carbocycles. The van der Waals surface area contributed by atoms with E-state index in [1.165, 1.54) is 23.5 Å². The van der Waals surface area contributed by atoms with Crippen molar-refractivity contribution in [2.75, 3.05) is 31.6 Å². The summed E-state index contributed by atoms with van der Waals surface area (Å²) in [6, 6.07) is 10.6. The van der Waals surface area contributed by atoms with E-state index in [4.69, 9.17) is 4.74 Å². The molecule has 1 saturated heterocycles. The van der Waals surface area contributed by atoms with Gasteiger partial charge in [0.1, 0.15) is 11.6 Å². The van der Waals surface area contributed by atoms with Crippen LogP contribution in [0.15, 0.2) is 53.5 Å². The van der Waals surface area contributed by atoms with Gasteiger partial charge in [0, 0.05) is 38.4 Å². The highest BCUT2D eigenvalue weighted by atomic mass is 32.1. The Morgan fingerprint density at radius 3 is 2.47 bits per heavy atom. The van der Waals surface area contributed by atoms with Gasteiger partial charge in [-0.1, -0.05) is 12.1 Å². The number of fused-ring (bicyclic) bond motifs is 1. The molecule has 3 atom stereocenters. The average molecular weight is 453 g/mol. The van der Waals surface area contributed by atoms with Gasteiger partial charge in [0.05, 0.1) is 10.9 Å². The van der Waals surface area contributed by atoms with Crippen LogP contribution >= 0.6 is 11.3 Å². The number of carbonyl (C=O) groups excluding carboxylic acids is 1. The molecule has 2 fully saturated rings. The number of ether oxygens (including phenoxy) is 1. The molecule has 8 heteroatoms. The first kappa shape index (κ1) is 20.9. The van der Waals surface area contributed by atoms with Crippen molar-refractivity contribution in [2.45, 2.75) is 12.8 Å². The third kappa shape index (κ3) is 4.46. The molecule has 32 heavy (non-hydrogen) atoms. The number of halogens is 1.